The van der Waals surface area contributed by atoms with Gasteiger partial charge in [-0.15, -0.1) is 0 Å². The van der Waals surface area contributed by atoms with Gasteiger partial charge in [-0.2, -0.15) is 0 Å². The molecule has 0 N–H and O–H groups in total. The second-order valence-electron chi connectivity index (χ2n) is 5.10. The molecular weight excluding hydrogens is 272 g/mol. The van der Waals surface area contributed by atoms with Gasteiger partial charge in [0.1, 0.15) is 6.29 Å². The van der Waals surface area contributed by atoms with E-state index in [1.54, 1.807) is 26.4 Å². The number of ether oxygens (including phenoxy) is 4. The topological polar surface area (TPSA) is 54.0 Å². The fraction of sp³-hybridized carbons (Fsp3) is 0.562. The highest BCUT2D eigenvalue weighted by Gasteiger charge is 2.26. The number of carbonyl (C=O) groups excluding carboxylic acids is 1. The van der Waals surface area contributed by atoms with Crippen LogP contribution in [0, 0.1) is 0 Å². The van der Waals surface area contributed by atoms with Gasteiger partial charge in [0.05, 0.1) is 0 Å². The van der Waals surface area contributed by atoms with Crippen LogP contribution in [0.3, 0.4) is 0 Å². The van der Waals surface area contributed by atoms with E-state index < -0.39 is 0 Å². The van der Waals surface area contributed by atoms with Gasteiger partial charge in [-0.3, -0.25) is 4.79 Å². The summed E-state index contributed by atoms with van der Waals surface area (Å²) < 4.78 is 21.2. The number of rotatable bonds is 8. The van der Waals surface area contributed by atoms with E-state index in [0.29, 0.717) is 23.0 Å². The molecule has 1 saturated carbocycles. The zero-order valence-electron chi connectivity index (χ0n) is 12.6. The smallest absolute Gasteiger partial charge is 0.188 e. The van der Waals surface area contributed by atoms with Crippen LogP contribution < -0.4 is 9.47 Å². The number of benzene rings is 1. The molecule has 1 aromatic rings. The van der Waals surface area contributed by atoms with E-state index in [0.717, 1.165) is 24.7 Å². The molecule has 0 saturated heterocycles. The first-order chi connectivity index (χ1) is 10.3. The molecule has 21 heavy (non-hydrogen) atoms. The zero-order chi connectivity index (χ0) is 15.1. The molecule has 0 bridgehead atoms. The second kappa shape index (κ2) is 8.00. The summed E-state index contributed by atoms with van der Waals surface area (Å²) in [6.45, 7) is 0.249. The molecular formula is C16H22O5. The molecule has 0 aliphatic heterocycles. The van der Waals surface area contributed by atoms with E-state index >= 15 is 0 Å². The molecule has 1 aliphatic carbocycles. The minimum absolute atomic E-state index is 0.116. The quantitative estimate of drug-likeness (QED) is 0.544. The molecule has 0 heterocycles. The molecule has 2 rings (SSSR count). The SMILES string of the molecule is COCOc1ccc(C=O)c(C2CCCC2)c1OCOC. The van der Waals surface area contributed by atoms with Crippen LogP contribution in [0.2, 0.25) is 0 Å². The monoisotopic (exact) mass is 294 g/mol. The van der Waals surface area contributed by atoms with Crippen molar-refractivity contribution in [1.29, 1.82) is 0 Å². The second-order valence-corrected chi connectivity index (χ2v) is 5.10. The largest absolute Gasteiger partial charge is 0.464 e. The Kier molecular flexibility index (Phi) is 6.02. The van der Waals surface area contributed by atoms with Crippen LogP contribution in [0.5, 0.6) is 11.5 Å². The molecule has 5 nitrogen and oxygen atoms in total. The van der Waals surface area contributed by atoms with Gasteiger partial charge in [0.15, 0.2) is 25.1 Å². The first kappa shape index (κ1) is 15.8. The molecule has 0 amide bonds. The van der Waals surface area contributed by atoms with Crippen molar-refractivity contribution in [1.82, 2.24) is 0 Å². The Balaban J connectivity index is 2.41. The summed E-state index contributed by atoms with van der Waals surface area (Å²) in [5, 5.41) is 0. The lowest BCUT2D eigenvalue weighted by Crippen LogP contribution is -2.10. The summed E-state index contributed by atoms with van der Waals surface area (Å²) in [5.41, 5.74) is 1.60. The van der Waals surface area contributed by atoms with Crippen molar-refractivity contribution in [3.63, 3.8) is 0 Å². The van der Waals surface area contributed by atoms with Gasteiger partial charge < -0.3 is 18.9 Å². The first-order valence-corrected chi connectivity index (χ1v) is 7.17. The third kappa shape index (κ3) is 3.74. The molecule has 5 heteroatoms. The standard InChI is InChI=1S/C16H22O5/c1-18-10-20-14-8-7-13(9-17)15(12-5-3-4-6-12)16(14)21-11-19-2/h7-9,12H,3-6,10-11H2,1-2H3. The molecule has 0 atom stereocenters. The summed E-state index contributed by atoms with van der Waals surface area (Å²) in [7, 11) is 3.13. The molecule has 0 spiro atoms. The van der Waals surface area contributed by atoms with Crippen LogP contribution >= 0.6 is 0 Å². The van der Waals surface area contributed by atoms with Crippen molar-refractivity contribution < 1.29 is 23.7 Å². The summed E-state index contributed by atoms with van der Waals surface area (Å²) in [4.78, 5) is 11.4. The first-order valence-electron chi connectivity index (χ1n) is 7.17. The summed E-state index contributed by atoms with van der Waals surface area (Å²) in [6.07, 6.45) is 5.37. The van der Waals surface area contributed by atoms with Crippen LogP contribution in [0.4, 0.5) is 0 Å². The maximum absolute atomic E-state index is 11.4. The minimum Gasteiger partial charge on any atom is -0.464 e. The lowest BCUT2D eigenvalue weighted by molar-refractivity contribution is 0.0314. The van der Waals surface area contributed by atoms with Gasteiger partial charge in [0.2, 0.25) is 0 Å². The molecule has 0 aromatic heterocycles. The summed E-state index contributed by atoms with van der Waals surface area (Å²) >= 11 is 0. The number of hydrogen-bond donors (Lipinski definition) is 0. The van der Waals surface area contributed by atoms with E-state index in [1.165, 1.54) is 12.8 Å². The number of carbonyl (C=O) groups is 1. The van der Waals surface area contributed by atoms with Gasteiger partial charge in [-0.1, -0.05) is 12.8 Å². The van der Waals surface area contributed by atoms with E-state index in [2.05, 4.69) is 0 Å². The van der Waals surface area contributed by atoms with Crippen molar-refractivity contribution >= 4 is 6.29 Å². The summed E-state index contributed by atoms with van der Waals surface area (Å²) in [6, 6.07) is 3.53. The molecule has 0 radical (unpaired) electrons. The van der Waals surface area contributed by atoms with Crippen LogP contribution in [-0.2, 0) is 9.47 Å². The Morgan fingerprint density at radius 2 is 1.76 bits per heavy atom. The highest BCUT2D eigenvalue weighted by molar-refractivity contribution is 5.80. The van der Waals surface area contributed by atoms with Crippen LogP contribution in [0.25, 0.3) is 0 Å². The zero-order valence-corrected chi connectivity index (χ0v) is 12.6. The van der Waals surface area contributed by atoms with Crippen molar-refractivity contribution in [3.05, 3.63) is 23.3 Å². The Hall–Kier alpha value is -1.59. The average Bonchev–Trinajstić information content (AvgIpc) is 3.04. The predicted octanol–water partition coefficient (Wildman–Crippen LogP) is 3.12. The Morgan fingerprint density at radius 3 is 2.38 bits per heavy atom. The van der Waals surface area contributed by atoms with E-state index in [9.17, 15) is 4.79 Å². The van der Waals surface area contributed by atoms with Crippen molar-refractivity contribution in [2.24, 2.45) is 0 Å². The van der Waals surface area contributed by atoms with Gasteiger partial charge in [0.25, 0.3) is 0 Å². The lowest BCUT2D eigenvalue weighted by atomic mass is 9.92. The van der Waals surface area contributed by atoms with E-state index in [-0.39, 0.29) is 13.6 Å². The summed E-state index contributed by atoms with van der Waals surface area (Å²) in [5.74, 6) is 1.52. The van der Waals surface area contributed by atoms with Gasteiger partial charge in [-0.05, 0) is 30.9 Å². The molecule has 1 fully saturated rings. The van der Waals surface area contributed by atoms with Crippen molar-refractivity contribution in [3.8, 4) is 11.5 Å². The fourth-order valence-electron chi connectivity index (χ4n) is 2.84. The number of aldehydes is 1. The molecule has 0 unspecified atom stereocenters. The van der Waals surface area contributed by atoms with Crippen LogP contribution in [0.1, 0.15) is 47.5 Å². The Morgan fingerprint density at radius 1 is 1.10 bits per heavy atom. The molecule has 116 valence electrons. The van der Waals surface area contributed by atoms with Crippen molar-refractivity contribution in [2.45, 2.75) is 31.6 Å². The Labute approximate surface area is 125 Å². The third-order valence-electron chi connectivity index (χ3n) is 3.74. The van der Waals surface area contributed by atoms with Crippen LogP contribution in [-0.4, -0.2) is 34.1 Å². The maximum Gasteiger partial charge on any atom is 0.188 e. The van der Waals surface area contributed by atoms with Gasteiger partial charge in [-0.25, -0.2) is 0 Å². The van der Waals surface area contributed by atoms with Crippen LogP contribution in [0.15, 0.2) is 12.1 Å². The number of hydrogen-bond acceptors (Lipinski definition) is 5. The average molecular weight is 294 g/mol. The molecule has 1 aliphatic rings. The fourth-order valence-corrected chi connectivity index (χ4v) is 2.84. The third-order valence-corrected chi connectivity index (χ3v) is 3.74. The maximum atomic E-state index is 11.4. The normalized spacial score (nSPS) is 15.1. The van der Waals surface area contributed by atoms with Gasteiger partial charge in [0, 0.05) is 25.3 Å². The van der Waals surface area contributed by atoms with E-state index in [1.807, 2.05) is 0 Å². The van der Waals surface area contributed by atoms with E-state index in [4.69, 9.17) is 18.9 Å². The molecule has 1 aromatic carbocycles. The van der Waals surface area contributed by atoms with Crippen molar-refractivity contribution in [2.75, 3.05) is 27.8 Å². The highest BCUT2D eigenvalue weighted by Crippen LogP contribution is 2.44. The number of methoxy groups -OCH3 is 2. The minimum atomic E-state index is 0.116. The lowest BCUT2D eigenvalue weighted by Gasteiger charge is -2.20. The Bertz CT molecular complexity index is 466. The van der Waals surface area contributed by atoms with Gasteiger partial charge >= 0.3 is 0 Å². The predicted molar refractivity (Wildman–Crippen MR) is 78.0 cm³/mol. The highest BCUT2D eigenvalue weighted by atomic mass is 16.7.